The summed E-state index contributed by atoms with van der Waals surface area (Å²) >= 11 is 0. The summed E-state index contributed by atoms with van der Waals surface area (Å²) in [5, 5.41) is 4.40. The summed E-state index contributed by atoms with van der Waals surface area (Å²) in [5.74, 6) is 0.139. The zero-order valence-corrected chi connectivity index (χ0v) is 21.8. The van der Waals surface area contributed by atoms with Crippen molar-refractivity contribution >= 4 is 28.3 Å². The van der Waals surface area contributed by atoms with Crippen LogP contribution in [-0.4, -0.2) is 39.8 Å². The second-order valence-corrected chi connectivity index (χ2v) is 12.2. The normalized spacial score (nSPS) is 20.8. The van der Waals surface area contributed by atoms with E-state index in [1.54, 1.807) is 6.08 Å². The predicted molar refractivity (Wildman–Crippen MR) is 139 cm³/mol. The van der Waals surface area contributed by atoms with Crippen molar-refractivity contribution in [3.05, 3.63) is 41.6 Å². The lowest BCUT2D eigenvalue weighted by Gasteiger charge is -2.40. The number of para-hydroxylation sites is 1. The van der Waals surface area contributed by atoms with Gasteiger partial charge in [0.05, 0.1) is 0 Å². The molecule has 1 aromatic heterocycles. The number of fused-ring (bicyclic) bond motifs is 3. The maximum absolute atomic E-state index is 13.9. The molecule has 2 aliphatic rings. The summed E-state index contributed by atoms with van der Waals surface area (Å²) in [7, 11) is 0. The SMILES string of the molecule is CC(C)(C)NC(=O)C(C1CCCCC1)N1CCc2c([nH]c3ccccc23)/C(C(C)(C)C)=C\C1=O. The second kappa shape index (κ2) is 9.24. The first-order valence-electron chi connectivity index (χ1n) is 12.9. The van der Waals surface area contributed by atoms with Crippen LogP contribution < -0.4 is 5.32 Å². The lowest BCUT2D eigenvalue weighted by atomic mass is 9.80. The molecular weight excluding hydrogens is 422 g/mol. The van der Waals surface area contributed by atoms with Crippen molar-refractivity contribution < 1.29 is 9.59 Å². The average molecular weight is 464 g/mol. The molecule has 2 heterocycles. The van der Waals surface area contributed by atoms with E-state index < -0.39 is 6.04 Å². The molecule has 1 aliphatic carbocycles. The summed E-state index contributed by atoms with van der Waals surface area (Å²) in [6, 6.07) is 7.93. The summed E-state index contributed by atoms with van der Waals surface area (Å²) in [6.45, 7) is 13.0. The van der Waals surface area contributed by atoms with Crippen LogP contribution in [0.1, 0.15) is 84.9 Å². The van der Waals surface area contributed by atoms with Gasteiger partial charge < -0.3 is 15.2 Å². The maximum atomic E-state index is 13.9. The van der Waals surface area contributed by atoms with Crippen LogP contribution in [0, 0.1) is 11.3 Å². The number of carbonyl (C=O) groups excluding carboxylic acids is 2. The lowest BCUT2D eigenvalue weighted by Crippen LogP contribution is -2.57. The van der Waals surface area contributed by atoms with Gasteiger partial charge in [-0.1, -0.05) is 58.2 Å². The predicted octanol–water partition coefficient (Wildman–Crippen LogP) is 5.85. The third-order valence-corrected chi connectivity index (χ3v) is 7.24. The lowest BCUT2D eigenvalue weighted by molar-refractivity contribution is -0.140. The van der Waals surface area contributed by atoms with E-state index in [0.717, 1.165) is 48.9 Å². The smallest absolute Gasteiger partial charge is 0.247 e. The zero-order valence-electron chi connectivity index (χ0n) is 21.8. The molecule has 1 unspecified atom stereocenters. The third kappa shape index (κ3) is 5.08. The van der Waals surface area contributed by atoms with Gasteiger partial charge in [-0.2, -0.15) is 0 Å². The van der Waals surface area contributed by atoms with Gasteiger partial charge in [-0.25, -0.2) is 0 Å². The molecule has 0 saturated heterocycles. The fourth-order valence-electron chi connectivity index (χ4n) is 5.68. The van der Waals surface area contributed by atoms with Crippen molar-refractivity contribution in [3.8, 4) is 0 Å². The largest absolute Gasteiger partial charge is 0.355 e. The molecule has 2 aromatic rings. The van der Waals surface area contributed by atoms with Crippen LogP contribution in [0.3, 0.4) is 0 Å². The average Bonchev–Trinajstić information content (AvgIpc) is 3.09. The van der Waals surface area contributed by atoms with Crippen LogP contribution in [0.4, 0.5) is 0 Å². The topological polar surface area (TPSA) is 65.2 Å². The van der Waals surface area contributed by atoms with E-state index >= 15 is 0 Å². The molecule has 0 radical (unpaired) electrons. The number of amides is 2. The van der Waals surface area contributed by atoms with Crippen LogP contribution >= 0.6 is 0 Å². The van der Waals surface area contributed by atoms with E-state index in [2.05, 4.69) is 49.3 Å². The minimum Gasteiger partial charge on any atom is -0.355 e. The second-order valence-electron chi connectivity index (χ2n) is 12.2. The van der Waals surface area contributed by atoms with Crippen LogP contribution in [0.2, 0.25) is 0 Å². The molecule has 5 heteroatoms. The Morgan fingerprint density at radius 1 is 1.06 bits per heavy atom. The van der Waals surface area contributed by atoms with Crippen LogP contribution in [0.25, 0.3) is 16.5 Å². The van der Waals surface area contributed by atoms with E-state index in [1.807, 2.05) is 31.7 Å². The maximum Gasteiger partial charge on any atom is 0.247 e. The summed E-state index contributed by atoms with van der Waals surface area (Å²) < 4.78 is 0. The first-order chi connectivity index (χ1) is 16.0. The van der Waals surface area contributed by atoms with Gasteiger partial charge >= 0.3 is 0 Å². The molecule has 4 rings (SSSR count). The zero-order chi connectivity index (χ0) is 24.7. The molecule has 184 valence electrons. The van der Waals surface area contributed by atoms with Gasteiger partial charge in [0, 0.05) is 34.8 Å². The van der Waals surface area contributed by atoms with Gasteiger partial charge in [0.1, 0.15) is 6.04 Å². The fraction of sp³-hybridized carbons (Fsp3) is 0.586. The highest BCUT2D eigenvalue weighted by molar-refractivity contribution is 6.01. The highest BCUT2D eigenvalue weighted by Crippen LogP contribution is 2.40. The van der Waals surface area contributed by atoms with Crippen LogP contribution in [-0.2, 0) is 16.0 Å². The van der Waals surface area contributed by atoms with Gasteiger partial charge in [0.25, 0.3) is 0 Å². The standard InChI is InChI=1S/C29H41N3O2/c1-28(2,3)22-18-24(33)32(17-16-21-20-14-10-11-15-23(20)30-25(21)22)26(19-12-8-7-9-13-19)27(34)31-29(4,5)6/h10-11,14-15,18-19,26,30H,7-9,12-13,16-17H2,1-6H3,(H,31,34)/b22-18+. The third-order valence-electron chi connectivity index (χ3n) is 7.24. The first-order valence-corrected chi connectivity index (χ1v) is 12.9. The number of hydrogen-bond donors (Lipinski definition) is 2. The van der Waals surface area contributed by atoms with E-state index in [1.165, 1.54) is 17.4 Å². The monoisotopic (exact) mass is 463 g/mol. The highest BCUT2D eigenvalue weighted by atomic mass is 16.2. The van der Waals surface area contributed by atoms with Crippen LogP contribution in [0.15, 0.2) is 30.3 Å². The van der Waals surface area contributed by atoms with Gasteiger partial charge in [-0.05, 0) is 68.6 Å². The Hall–Kier alpha value is -2.56. The van der Waals surface area contributed by atoms with E-state index in [-0.39, 0.29) is 28.7 Å². The number of hydrogen-bond acceptors (Lipinski definition) is 2. The molecule has 2 N–H and O–H groups in total. The Kier molecular flexibility index (Phi) is 6.67. The number of nitrogens with one attached hydrogen (secondary N) is 2. The van der Waals surface area contributed by atoms with Crippen molar-refractivity contribution in [2.75, 3.05) is 6.54 Å². The fourth-order valence-corrected chi connectivity index (χ4v) is 5.68. The number of nitrogens with zero attached hydrogens (tertiary/aromatic N) is 1. The minimum absolute atomic E-state index is 0.0156. The molecule has 5 nitrogen and oxygen atoms in total. The summed E-state index contributed by atoms with van der Waals surface area (Å²) in [4.78, 5) is 33.0. The Morgan fingerprint density at radius 2 is 1.74 bits per heavy atom. The van der Waals surface area contributed by atoms with Gasteiger partial charge in [-0.15, -0.1) is 0 Å². The Balaban J connectivity index is 1.80. The Bertz CT molecular complexity index is 1090. The molecule has 34 heavy (non-hydrogen) atoms. The molecule has 1 aliphatic heterocycles. The number of aromatic amines is 1. The minimum atomic E-state index is -0.434. The molecular formula is C29H41N3O2. The number of H-pyrrole nitrogens is 1. The summed E-state index contributed by atoms with van der Waals surface area (Å²) in [6.07, 6.45) is 7.99. The number of carbonyl (C=O) groups is 2. The Morgan fingerprint density at radius 3 is 2.38 bits per heavy atom. The quantitative estimate of drug-likeness (QED) is 0.600. The molecule has 0 spiro atoms. The van der Waals surface area contributed by atoms with E-state index in [9.17, 15) is 9.59 Å². The number of benzene rings is 1. The number of aromatic nitrogens is 1. The van der Waals surface area contributed by atoms with Crippen molar-refractivity contribution in [1.29, 1.82) is 0 Å². The van der Waals surface area contributed by atoms with Gasteiger partial charge in [0.2, 0.25) is 11.8 Å². The highest BCUT2D eigenvalue weighted by Gasteiger charge is 2.39. The number of allylic oxidation sites excluding steroid dienone is 1. The van der Waals surface area contributed by atoms with Crippen molar-refractivity contribution in [2.45, 2.75) is 91.6 Å². The first kappa shape index (κ1) is 24.6. The van der Waals surface area contributed by atoms with Crippen molar-refractivity contribution in [2.24, 2.45) is 11.3 Å². The molecule has 1 aromatic carbocycles. The molecule has 1 fully saturated rings. The van der Waals surface area contributed by atoms with E-state index in [0.29, 0.717) is 6.54 Å². The van der Waals surface area contributed by atoms with Crippen LogP contribution in [0.5, 0.6) is 0 Å². The summed E-state index contributed by atoms with van der Waals surface area (Å²) in [5.41, 5.74) is 3.85. The molecule has 1 saturated carbocycles. The van der Waals surface area contributed by atoms with Crippen molar-refractivity contribution in [3.63, 3.8) is 0 Å². The van der Waals surface area contributed by atoms with Gasteiger partial charge in [-0.3, -0.25) is 9.59 Å². The number of rotatable bonds is 3. The Labute approximate surface area is 204 Å². The molecule has 2 amide bonds. The van der Waals surface area contributed by atoms with E-state index in [4.69, 9.17) is 0 Å². The van der Waals surface area contributed by atoms with Crippen molar-refractivity contribution in [1.82, 2.24) is 15.2 Å². The van der Waals surface area contributed by atoms with Gasteiger partial charge in [0.15, 0.2) is 0 Å². The molecule has 0 bridgehead atoms. The molecule has 1 atom stereocenters.